The predicted molar refractivity (Wildman–Crippen MR) is 90.1 cm³/mol. The van der Waals surface area contributed by atoms with Crippen LogP contribution in [0.3, 0.4) is 0 Å². The van der Waals surface area contributed by atoms with Gasteiger partial charge in [-0.05, 0) is 43.7 Å². The number of benzene rings is 2. The van der Waals surface area contributed by atoms with Crippen LogP contribution in [0.25, 0.3) is 0 Å². The molecular formula is C15H17BrN2O2S. The normalized spacial score (nSPS) is 11.4. The maximum absolute atomic E-state index is 12.8. The molecule has 0 amide bonds. The number of nitrogens with zero attached hydrogens (tertiary/aromatic N) is 1. The SMILES string of the molecule is Cc1ccc(N(C)S(=O)(=O)c2cc(Br)cc(N)c2C)cc1. The van der Waals surface area contributed by atoms with Crippen molar-refractivity contribution in [2.45, 2.75) is 18.7 Å². The molecule has 2 aromatic rings. The topological polar surface area (TPSA) is 63.4 Å². The number of hydrogen-bond acceptors (Lipinski definition) is 3. The van der Waals surface area contributed by atoms with E-state index in [-0.39, 0.29) is 4.90 Å². The molecule has 0 spiro atoms. The standard InChI is InChI=1S/C15H17BrN2O2S/c1-10-4-6-13(7-5-10)18(3)21(19,20)15-9-12(16)8-14(17)11(15)2/h4-9H,17H2,1-3H3. The molecule has 2 rings (SSSR count). The molecule has 2 N–H and O–H groups in total. The van der Waals surface area contributed by atoms with Gasteiger partial charge in [-0.25, -0.2) is 8.42 Å². The smallest absolute Gasteiger partial charge is 0.264 e. The van der Waals surface area contributed by atoms with Gasteiger partial charge in [-0.2, -0.15) is 0 Å². The van der Waals surface area contributed by atoms with Gasteiger partial charge in [-0.1, -0.05) is 33.6 Å². The lowest BCUT2D eigenvalue weighted by Gasteiger charge is -2.21. The second-order valence-electron chi connectivity index (χ2n) is 4.93. The van der Waals surface area contributed by atoms with Gasteiger partial charge in [0.05, 0.1) is 10.6 Å². The van der Waals surface area contributed by atoms with Gasteiger partial charge in [0.1, 0.15) is 0 Å². The van der Waals surface area contributed by atoms with Crippen molar-refractivity contribution in [3.8, 4) is 0 Å². The summed E-state index contributed by atoms with van der Waals surface area (Å²) in [5.41, 5.74) is 8.55. The first-order valence-electron chi connectivity index (χ1n) is 6.34. The summed E-state index contributed by atoms with van der Waals surface area (Å²) in [7, 11) is -2.12. The van der Waals surface area contributed by atoms with Crippen LogP contribution in [0.2, 0.25) is 0 Å². The van der Waals surface area contributed by atoms with Crippen molar-refractivity contribution in [1.82, 2.24) is 0 Å². The minimum absolute atomic E-state index is 0.206. The minimum atomic E-state index is -3.66. The number of aryl methyl sites for hydroxylation is 1. The highest BCUT2D eigenvalue weighted by molar-refractivity contribution is 9.10. The highest BCUT2D eigenvalue weighted by Crippen LogP contribution is 2.30. The Morgan fingerprint density at radius 1 is 1.10 bits per heavy atom. The molecule has 0 aliphatic carbocycles. The van der Waals surface area contributed by atoms with Crippen LogP contribution in [0, 0.1) is 13.8 Å². The van der Waals surface area contributed by atoms with E-state index in [0.29, 0.717) is 21.4 Å². The number of sulfonamides is 1. The Hall–Kier alpha value is -1.53. The fraction of sp³-hybridized carbons (Fsp3) is 0.200. The molecule has 0 aliphatic rings. The van der Waals surface area contributed by atoms with E-state index in [4.69, 9.17) is 5.73 Å². The van der Waals surface area contributed by atoms with E-state index in [1.807, 2.05) is 19.1 Å². The summed E-state index contributed by atoms with van der Waals surface area (Å²) < 4.78 is 27.5. The molecule has 21 heavy (non-hydrogen) atoms. The highest BCUT2D eigenvalue weighted by Gasteiger charge is 2.24. The van der Waals surface area contributed by atoms with Crippen molar-refractivity contribution in [2.24, 2.45) is 0 Å². The monoisotopic (exact) mass is 368 g/mol. The van der Waals surface area contributed by atoms with Gasteiger partial charge in [0.25, 0.3) is 10.0 Å². The Morgan fingerprint density at radius 3 is 2.24 bits per heavy atom. The van der Waals surface area contributed by atoms with Crippen molar-refractivity contribution in [2.75, 3.05) is 17.1 Å². The minimum Gasteiger partial charge on any atom is -0.398 e. The molecule has 0 heterocycles. The molecule has 4 nitrogen and oxygen atoms in total. The molecule has 0 aliphatic heterocycles. The van der Waals surface area contributed by atoms with Crippen molar-refractivity contribution in [1.29, 1.82) is 0 Å². The number of nitrogens with two attached hydrogens (primary N) is 1. The zero-order valence-corrected chi connectivity index (χ0v) is 14.5. The van der Waals surface area contributed by atoms with Gasteiger partial charge in [0.15, 0.2) is 0 Å². The van der Waals surface area contributed by atoms with E-state index in [2.05, 4.69) is 15.9 Å². The summed E-state index contributed by atoms with van der Waals surface area (Å²) in [5.74, 6) is 0. The highest BCUT2D eigenvalue weighted by atomic mass is 79.9. The lowest BCUT2D eigenvalue weighted by molar-refractivity contribution is 0.594. The van der Waals surface area contributed by atoms with Crippen molar-refractivity contribution >= 4 is 37.3 Å². The van der Waals surface area contributed by atoms with Crippen LogP contribution >= 0.6 is 15.9 Å². The molecule has 6 heteroatoms. The number of hydrogen-bond donors (Lipinski definition) is 1. The van der Waals surface area contributed by atoms with Gasteiger partial charge >= 0.3 is 0 Å². The maximum atomic E-state index is 12.8. The Morgan fingerprint density at radius 2 is 1.67 bits per heavy atom. The van der Waals surface area contributed by atoms with E-state index in [1.165, 1.54) is 11.4 Å². The van der Waals surface area contributed by atoms with Crippen molar-refractivity contribution < 1.29 is 8.42 Å². The lowest BCUT2D eigenvalue weighted by Crippen LogP contribution is -2.27. The van der Waals surface area contributed by atoms with Crippen LogP contribution in [0.5, 0.6) is 0 Å². The largest absolute Gasteiger partial charge is 0.398 e. The van der Waals surface area contributed by atoms with Crippen LogP contribution in [0.15, 0.2) is 45.8 Å². The fourth-order valence-corrected chi connectivity index (χ4v) is 4.09. The quantitative estimate of drug-likeness (QED) is 0.843. The first kappa shape index (κ1) is 15.9. The predicted octanol–water partition coefficient (Wildman–Crippen LogP) is 3.47. The summed E-state index contributed by atoms with van der Waals surface area (Å²) in [5, 5.41) is 0. The molecular weight excluding hydrogens is 352 g/mol. The van der Waals surface area contributed by atoms with E-state index in [1.54, 1.807) is 31.2 Å². The van der Waals surface area contributed by atoms with Gasteiger partial charge in [0.2, 0.25) is 0 Å². The van der Waals surface area contributed by atoms with Crippen molar-refractivity contribution in [3.63, 3.8) is 0 Å². The van der Waals surface area contributed by atoms with Crippen LogP contribution in [-0.4, -0.2) is 15.5 Å². The number of rotatable bonds is 3. The third-order valence-corrected chi connectivity index (χ3v) is 5.77. The van der Waals surface area contributed by atoms with E-state index < -0.39 is 10.0 Å². The molecule has 0 aromatic heterocycles. The Labute approximate surface area is 133 Å². The van der Waals surface area contributed by atoms with Gasteiger partial charge in [-0.15, -0.1) is 0 Å². The van der Waals surface area contributed by atoms with E-state index in [9.17, 15) is 8.42 Å². The number of anilines is 2. The Bertz CT molecular complexity index is 771. The summed E-state index contributed by atoms with van der Waals surface area (Å²) in [6, 6.07) is 10.6. The summed E-state index contributed by atoms with van der Waals surface area (Å²) in [6.07, 6.45) is 0. The van der Waals surface area contributed by atoms with Crippen LogP contribution < -0.4 is 10.0 Å². The summed E-state index contributed by atoms with van der Waals surface area (Å²) in [6.45, 7) is 3.66. The van der Waals surface area contributed by atoms with Crippen molar-refractivity contribution in [3.05, 3.63) is 52.0 Å². The zero-order valence-electron chi connectivity index (χ0n) is 12.1. The first-order chi connectivity index (χ1) is 9.73. The second-order valence-corrected chi connectivity index (χ2v) is 7.78. The molecule has 0 saturated heterocycles. The summed E-state index contributed by atoms with van der Waals surface area (Å²) in [4.78, 5) is 0.206. The molecule has 0 fully saturated rings. The summed E-state index contributed by atoms with van der Waals surface area (Å²) >= 11 is 3.29. The average molecular weight is 369 g/mol. The van der Waals surface area contributed by atoms with Crippen LogP contribution in [0.1, 0.15) is 11.1 Å². The molecule has 0 unspecified atom stereocenters. The number of nitrogen functional groups attached to an aromatic ring is 1. The number of halogens is 1. The molecule has 0 radical (unpaired) electrons. The van der Waals surface area contributed by atoms with Gasteiger partial charge in [-0.3, -0.25) is 4.31 Å². The van der Waals surface area contributed by atoms with E-state index >= 15 is 0 Å². The van der Waals surface area contributed by atoms with Crippen LogP contribution in [0.4, 0.5) is 11.4 Å². The molecule has 0 bridgehead atoms. The van der Waals surface area contributed by atoms with Gasteiger partial charge < -0.3 is 5.73 Å². The molecule has 2 aromatic carbocycles. The third-order valence-electron chi connectivity index (χ3n) is 3.40. The average Bonchev–Trinajstić information content (AvgIpc) is 2.42. The second kappa shape index (κ2) is 5.69. The van der Waals surface area contributed by atoms with Gasteiger partial charge in [0, 0.05) is 17.2 Å². The Balaban J connectivity index is 2.54. The van der Waals surface area contributed by atoms with E-state index in [0.717, 1.165) is 5.56 Å². The molecule has 0 atom stereocenters. The molecule has 112 valence electrons. The maximum Gasteiger partial charge on any atom is 0.264 e. The fourth-order valence-electron chi connectivity index (χ4n) is 1.98. The van der Waals surface area contributed by atoms with Crippen LogP contribution in [-0.2, 0) is 10.0 Å². The zero-order chi connectivity index (χ0) is 15.8. The Kier molecular flexibility index (Phi) is 4.30. The first-order valence-corrected chi connectivity index (χ1v) is 8.58. The lowest BCUT2D eigenvalue weighted by atomic mass is 10.2. The molecule has 0 saturated carbocycles. The third kappa shape index (κ3) is 3.06.